The first kappa shape index (κ1) is 27.3. The summed E-state index contributed by atoms with van der Waals surface area (Å²) >= 11 is 0. The molecular formula is C20H42KNO2. The van der Waals surface area contributed by atoms with Crippen LogP contribution in [0.25, 0.3) is 0 Å². The number of carbonyl (C=O) groups is 1. The van der Waals surface area contributed by atoms with E-state index < -0.39 is 0 Å². The van der Waals surface area contributed by atoms with Gasteiger partial charge in [-0.05, 0) is 6.42 Å². The normalized spacial score (nSPS) is 10.4. The molecule has 0 aliphatic carbocycles. The van der Waals surface area contributed by atoms with Crippen LogP contribution in [0.1, 0.15) is 110 Å². The molecule has 0 aromatic carbocycles. The fourth-order valence-electron chi connectivity index (χ4n) is 2.90. The van der Waals surface area contributed by atoms with Crippen LogP contribution in [0.4, 0.5) is 0 Å². The number of esters is 1. The van der Waals surface area contributed by atoms with Gasteiger partial charge in [-0.3, -0.25) is 4.79 Å². The second-order valence-corrected chi connectivity index (χ2v) is 6.73. The molecule has 0 fully saturated rings. The molecule has 140 valence electrons. The van der Waals surface area contributed by atoms with Gasteiger partial charge in [-0.1, -0.05) is 103 Å². The molecule has 0 spiro atoms. The number of unbranched alkanes of at least 4 members (excludes halogenated alkanes) is 15. The molecule has 0 saturated carbocycles. The van der Waals surface area contributed by atoms with Gasteiger partial charge in [0.2, 0.25) is 0 Å². The van der Waals surface area contributed by atoms with Crippen LogP contribution in [0.3, 0.4) is 0 Å². The van der Waals surface area contributed by atoms with Crippen molar-refractivity contribution in [1.29, 1.82) is 0 Å². The van der Waals surface area contributed by atoms with Crippen LogP contribution < -0.4 is 5.73 Å². The average Bonchev–Trinajstić information content (AvgIpc) is 2.57. The van der Waals surface area contributed by atoms with Gasteiger partial charge in [0.15, 0.2) is 0 Å². The molecule has 0 aliphatic heterocycles. The van der Waals surface area contributed by atoms with Gasteiger partial charge in [0, 0.05) is 0 Å². The third kappa shape index (κ3) is 23.1. The molecule has 0 atom stereocenters. The quantitative estimate of drug-likeness (QED) is 0.208. The summed E-state index contributed by atoms with van der Waals surface area (Å²) in [4.78, 5) is 10.8. The Morgan fingerprint density at radius 3 is 1.33 bits per heavy atom. The minimum atomic E-state index is -0.286. The van der Waals surface area contributed by atoms with Crippen LogP contribution in [-0.4, -0.2) is 70.5 Å². The fourth-order valence-corrected chi connectivity index (χ4v) is 2.90. The van der Waals surface area contributed by atoms with E-state index in [4.69, 9.17) is 10.5 Å². The predicted molar refractivity (Wildman–Crippen MR) is 107 cm³/mol. The molecule has 0 heterocycles. The molecular weight excluding hydrogens is 325 g/mol. The first-order chi connectivity index (χ1) is 11.3. The van der Waals surface area contributed by atoms with Crippen molar-refractivity contribution in [3.05, 3.63) is 0 Å². The molecule has 0 radical (unpaired) electrons. The molecule has 2 N–H and O–H groups in total. The summed E-state index contributed by atoms with van der Waals surface area (Å²) in [7, 11) is 0. The molecule has 0 aromatic rings. The van der Waals surface area contributed by atoms with Crippen LogP contribution in [0, 0.1) is 0 Å². The van der Waals surface area contributed by atoms with Crippen molar-refractivity contribution < 1.29 is 9.53 Å². The number of ether oxygens (including phenoxy) is 1. The van der Waals surface area contributed by atoms with Gasteiger partial charge in [0.25, 0.3) is 0 Å². The minimum absolute atomic E-state index is 0. The van der Waals surface area contributed by atoms with Crippen molar-refractivity contribution in [2.24, 2.45) is 5.73 Å². The van der Waals surface area contributed by atoms with Crippen LogP contribution in [0.2, 0.25) is 0 Å². The van der Waals surface area contributed by atoms with Crippen LogP contribution in [0.15, 0.2) is 0 Å². The second kappa shape index (κ2) is 24.1. The predicted octanol–water partition coefficient (Wildman–Crippen LogP) is 5.10. The standard InChI is InChI=1S/C20H41NO2.K.H/c1-2-3-4-5-6-7-8-9-10-11-12-13-14-15-16-17-18-23-20(22)19-21;;/h2-19,21H2,1H3;;. The van der Waals surface area contributed by atoms with E-state index in [0.717, 1.165) is 12.8 Å². The Kier molecular flexibility index (Phi) is 27.4. The van der Waals surface area contributed by atoms with Gasteiger partial charge in [-0.15, -0.1) is 0 Å². The summed E-state index contributed by atoms with van der Waals surface area (Å²) in [5.41, 5.74) is 5.17. The third-order valence-corrected chi connectivity index (χ3v) is 4.43. The molecule has 0 amide bonds. The van der Waals surface area contributed by atoms with Crippen LogP contribution in [-0.2, 0) is 9.53 Å². The summed E-state index contributed by atoms with van der Waals surface area (Å²) < 4.78 is 4.95. The Morgan fingerprint density at radius 2 is 1.00 bits per heavy atom. The van der Waals surface area contributed by atoms with Crippen molar-refractivity contribution in [2.75, 3.05) is 13.2 Å². The Hall–Kier alpha value is 1.07. The second-order valence-electron chi connectivity index (χ2n) is 6.73. The maximum atomic E-state index is 10.8. The number of rotatable bonds is 18. The van der Waals surface area contributed by atoms with Gasteiger partial charge < -0.3 is 10.5 Å². The van der Waals surface area contributed by atoms with Crippen molar-refractivity contribution >= 4 is 57.4 Å². The SMILES string of the molecule is CCCCCCCCCCCCCCCCCCOC(=O)CN.[KH]. The van der Waals surface area contributed by atoms with Crippen molar-refractivity contribution in [3.63, 3.8) is 0 Å². The summed E-state index contributed by atoms with van der Waals surface area (Å²) in [5, 5.41) is 0. The van der Waals surface area contributed by atoms with E-state index in [-0.39, 0.29) is 63.9 Å². The van der Waals surface area contributed by atoms with Crippen molar-refractivity contribution in [1.82, 2.24) is 0 Å². The third-order valence-electron chi connectivity index (χ3n) is 4.43. The number of hydrogen-bond acceptors (Lipinski definition) is 3. The summed E-state index contributed by atoms with van der Waals surface area (Å²) in [6.07, 6.45) is 21.7. The Bertz CT molecular complexity index is 250. The maximum absolute atomic E-state index is 10.8. The summed E-state index contributed by atoms with van der Waals surface area (Å²) in [6.45, 7) is 2.81. The van der Waals surface area contributed by atoms with E-state index in [2.05, 4.69) is 6.92 Å². The first-order valence-electron chi connectivity index (χ1n) is 10.2. The number of carbonyl (C=O) groups excluding carboxylic acids is 1. The van der Waals surface area contributed by atoms with E-state index in [9.17, 15) is 4.79 Å². The van der Waals surface area contributed by atoms with E-state index >= 15 is 0 Å². The number of nitrogens with two attached hydrogens (primary N) is 1. The number of hydrogen-bond donors (Lipinski definition) is 1. The molecule has 0 aromatic heterocycles. The zero-order chi connectivity index (χ0) is 17.0. The average molecular weight is 368 g/mol. The summed E-state index contributed by atoms with van der Waals surface area (Å²) in [5.74, 6) is -0.286. The zero-order valence-corrected chi connectivity index (χ0v) is 15.6. The van der Waals surface area contributed by atoms with Gasteiger partial charge in [-0.2, -0.15) is 0 Å². The van der Waals surface area contributed by atoms with E-state index in [1.54, 1.807) is 0 Å². The van der Waals surface area contributed by atoms with Crippen LogP contribution in [0.5, 0.6) is 0 Å². The zero-order valence-electron chi connectivity index (χ0n) is 15.6. The van der Waals surface area contributed by atoms with Gasteiger partial charge in [0.05, 0.1) is 13.2 Å². The Morgan fingerprint density at radius 1 is 0.667 bits per heavy atom. The van der Waals surface area contributed by atoms with Gasteiger partial charge >= 0.3 is 57.4 Å². The van der Waals surface area contributed by atoms with Crippen molar-refractivity contribution in [2.45, 2.75) is 110 Å². The molecule has 0 saturated heterocycles. The topological polar surface area (TPSA) is 52.3 Å². The van der Waals surface area contributed by atoms with E-state index in [0.29, 0.717) is 6.61 Å². The monoisotopic (exact) mass is 367 g/mol. The molecule has 0 rings (SSSR count). The van der Waals surface area contributed by atoms with Gasteiger partial charge in [-0.25, -0.2) is 0 Å². The fraction of sp³-hybridized carbons (Fsp3) is 0.950. The van der Waals surface area contributed by atoms with Crippen LogP contribution >= 0.6 is 0 Å². The van der Waals surface area contributed by atoms with E-state index in [1.807, 2.05) is 0 Å². The van der Waals surface area contributed by atoms with E-state index in [1.165, 1.54) is 89.9 Å². The Balaban J connectivity index is 0. The van der Waals surface area contributed by atoms with Gasteiger partial charge in [0.1, 0.15) is 0 Å². The van der Waals surface area contributed by atoms with Crippen molar-refractivity contribution in [3.8, 4) is 0 Å². The molecule has 4 heteroatoms. The molecule has 0 aliphatic rings. The molecule has 24 heavy (non-hydrogen) atoms. The molecule has 0 bridgehead atoms. The summed E-state index contributed by atoms with van der Waals surface area (Å²) in [6, 6.07) is 0. The molecule has 3 nitrogen and oxygen atoms in total. The Labute approximate surface area is 193 Å². The first-order valence-corrected chi connectivity index (χ1v) is 10.2. The molecule has 0 unspecified atom stereocenters.